The van der Waals surface area contributed by atoms with Crippen molar-refractivity contribution in [3.63, 3.8) is 0 Å². The van der Waals surface area contributed by atoms with Crippen LogP contribution in [0.2, 0.25) is 0 Å². The van der Waals surface area contributed by atoms with E-state index in [4.69, 9.17) is 4.74 Å². The van der Waals surface area contributed by atoms with Crippen LogP contribution in [-0.2, 0) is 9.53 Å². The maximum atomic E-state index is 12.7. The van der Waals surface area contributed by atoms with E-state index in [9.17, 15) is 9.90 Å². The average Bonchev–Trinajstić information content (AvgIpc) is 2.55. The summed E-state index contributed by atoms with van der Waals surface area (Å²) in [5.41, 5.74) is 0. The molecule has 1 aliphatic carbocycles. The molecule has 24 heavy (non-hydrogen) atoms. The minimum Gasteiger partial charge on any atom is -1.00 e. The fourth-order valence-corrected chi connectivity index (χ4v) is 3.52. The lowest BCUT2D eigenvalue weighted by atomic mass is 9.75. The topological polar surface area (TPSA) is 46.5 Å². The Morgan fingerprint density at radius 2 is 1.71 bits per heavy atom. The molecule has 5 heteroatoms. The SMILES string of the molecule is CC[N+](C)(CC)CCOC(=O)C(C1CCCCC1)C(O)C(C)C.[Br-]. The number of rotatable bonds is 9. The number of aliphatic hydroxyl groups excluding tert-OH is 1. The van der Waals surface area contributed by atoms with E-state index in [1.54, 1.807) is 0 Å². The summed E-state index contributed by atoms with van der Waals surface area (Å²) >= 11 is 0. The van der Waals surface area contributed by atoms with Crippen molar-refractivity contribution in [1.82, 2.24) is 0 Å². The van der Waals surface area contributed by atoms with Gasteiger partial charge in [-0.2, -0.15) is 0 Å². The monoisotopic (exact) mass is 407 g/mol. The molecular formula is C19H38BrNO3. The molecule has 0 spiro atoms. The van der Waals surface area contributed by atoms with Gasteiger partial charge in [-0.3, -0.25) is 4.79 Å². The zero-order valence-corrected chi connectivity index (χ0v) is 17.8. The molecule has 1 rings (SSSR count). The number of hydrogen-bond donors (Lipinski definition) is 1. The highest BCUT2D eigenvalue weighted by molar-refractivity contribution is 5.73. The Hall–Kier alpha value is -0.130. The lowest BCUT2D eigenvalue weighted by Gasteiger charge is -2.34. The maximum Gasteiger partial charge on any atom is 0.312 e. The minimum atomic E-state index is -0.594. The van der Waals surface area contributed by atoms with Gasteiger partial charge in [0.2, 0.25) is 0 Å². The Kier molecular flexibility index (Phi) is 11.4. The van der Waals surface area contributed by atoms with Crippen molar-refractivity contribution in [2.75, 3.05) is 33.3 Å². The van der Waals surface area contributed by atoms with Crippen LogP contribution in [0, 0.1) is 17.8 Å². The number of nitrogens with zero attached hydrogens (tertiary/aromatic N) is 1. The summed E-state index contributed by atoms with van der Waals surface area (Å²) < 4.78 is 6.52. The van der Waals surface area contributed by atoms with Crippen LogP contribution in [0.15, 0.2) is 0 Å². The first-order valence-electron chi connectivity index (χ1n) is 9.53. The molecule has 144 valence electrons. The summed E-state index contributed by atoms with van der Waals surface area (Å²) in [6, 6.07) is 0. The smallest absolute Gasteiger partial charge is 0.312 e. The van der Waals surface area contributed by atoms with E-state index in [1.165, 1.54) is 19.3 Å². The number of likely N-dealkylation sites (N-methyl/N-ethyl adjacent to an activating group) is 1. The predicted octanol–water partition coefficient (Wildman–Crippen LogP) is 0.233. The molecule has 1 saturated carbocycles. The Morgan fingerprint density at radius 1 is 1.17 bits per heavy atom. The molecule has 0 aliphatic heterocycles. The van der Waals surface area contributed by atoms with Crippen molar-refractivity contribution in [3.05, 3.63) is 0 Å². The summed E-state index contributed by atoms with van der Waals surface area (Å²) in [6.07, 6.45) is 5.07. The standard InChI is InChI=1S/C19H38NO3.BrH/c1-6-20(5,7-2)13-14-23-19(22)17(18(21)15(3)4)16-11-9-8-10-12-16;/h15-18,21H,6-14H2,1-5H3;1H/q+1;/p-1. The molecule has 1 aliphatic rings. The number of carbonyl (C=O) groups is 1. The van der Waals surface area contributed by atoms with Crippen molar-refractivity contribution in [2.45, 2.75) is 65.9 Å². The van der Waals surface area contributed by atoms with Crippen LogP contribution < -0.4 is 17.0 Å². The molecule has 0 saturated heterocycles. The summed E-state index contributed by atoms with van der Waals surface area (Å²) in [6.45, 7) is 11.7. The van der Waals surface area contributed by atoms with Crippen LogP contribution in [0.4, 0.5) is 0 Å². The number of ether oxygens (including phenoxy) is 1. The molecule has 0 heterocycles. The molecule has 0 bridgehead atoms. The highest BCUT2D eigenvalue weighted by Crippen LogP contribution is 2.34. The molecule has 1 fully saturated rings. The van der Waals surface area contributed by atoms with Crippen LogP contribution in [0.3, 0.4) is 0 Å². The molecule has 4 nitrogen and oxygen atoms in total. The predicted molar refractivity (Wildman–Crippen MR) is 94.0 cm³/mol. The molecule has 0 amide bonds. The number of esters is 1. The lowest BCUT2D eigenvalue weighted by molar-refractivity contribution is -0.906. The van der Waals surface area contributed by atoms with Gasteiger partial charge in [-0.1, -0.05) is 33.1 Å². The summed E-state index contributed by atoms with van der Waals surface area (Å²) in [4.78, 5) is 12.7. The Morgan fingerprint density at radius 3 is 2.17 bits per heavy atom. The Balaban J connectivity index is 0.00000529. The third-order valence-corrected chi connectivity index (χ3v) is 5.88. The molecule has 2 unspecified atom stereocenters. The lowest BCUT2D eigenvalue weighted by Crippen LogP contribution is -3.00. The molecule has 0 aromatic heterocycles. The number of quaternary nitrogens is 1. The van der Waals surface area contributed by atoms with Crippen molar-refractivity contribution >= 4 is 5.97 Å². The molecule has 0 radical (unpaired) electrons. The van der Waals surface area contributed by atoms with Crippen LogP contribution in [0.1, 0.15) is 59.8 Å². The van der Waals surface area contributed by atoms with Crippen LogP contribution in [0.5, 0.6) is 0 Å². The first kappa shape index (κ1) is 23.9. The normalized spacial score (nSPS) is 18.8. The number of aliphatic hydroxyl groups is 1. The van der Waals surface area contributed by atoms with E-state index >= 15 is 0 Å². The number of hydrogen-bond acceptors (Lipinski definition) is 3. The van der Waals surface area contributed by atoms with Gasteiger partial charge in [0.05, 0.1) is 32.2 Å². The minimum absolute atomic E-state index is 0. The van der Waals surface area contributed by atoms with E-state index in [1.807, 2.05) is 13.8 Å². The molecular weight excluding hydrogens is 370 g/mol. The van der Waals surface area contributed by atoms with Gasteiger partial charge >= 0.3 is 5.97 Å². The second-order valence-corrected chi connectivity index (χ2v) is 7.80. The first-order chi connectivity index (χ1) is 10.8. The van der Waals surface area contributed by atoms with Crippen LogP contribution in [0.25, 0.3) is 0 Å². The van der Waals surface area contributed by atoms with Gasteiger partial charge in [0.1, 0.15) is 13.2 Å². The van der Waals surface area contributed by atoms with E-state index in [-0.39, 0.29) is 40.7 Å². The van der Waals surface area contributed by atoms with Crippen molar-refractivity contribution in [3.8, 4) is 0 Å². The summed E-state index contributed by atoms with van der Waals surface area (Å²) in [5.74, 6) is -0.164. The maximum absolute atomic E-state index is 12.7. The largest absolute Gasteiger partial charge is 1.00 e. The van der Waals surface area contributed by atoms with Gasteiger partial charge in [-0.15, -0.1) is 0 Å². The molecule has 0 aromatic rings. The van der Waals surface area contributed by atoms with Crippen molar-refractivity contribution in [2.24, 2.45) is 17.8 Å². The number of halogens is 1. The number of carbonyl (C=O) groups excluding carboxylic acids is 1. The second-order valence-electron chi connectivity index (χ2n) is 7.80. The van der Waals surface area contributed by atoms with Crippen LogP contribution >= 0.6 is 0 Å². The fourth-order valence-electron chi connectivity index (χ4n) is 3.52. The average molecular weight is 408 g/mol. The van der Waals surface area contributed by atoms with Crippen molar-refractivity contribution in [1.29, 1.82) is 0 Å². The van der Waals surface area contributed by atoms with Crippen LogP contribution in [-0.4, -0.2) is 55.0 Å². The summed E-state index contributed by atoms with van der Waals surface area (Å²) in [5, 5.41) is 10.6. The van der Waals surface area contributed by atoms with Gasteiger partial charge in [0.25, 0.3) is 0 Å². The molecule has 1 N–H and O–H groups in total. The zero-order chi connectivity index (χ0) is 17.5. The Labute approximate surface area is 159 Å². The van der Waals surface area contributed by atoms with E-state index in [0.29, 0.717) is 6.61 Å². The van der Waals surface area contributed by atoms with Gasteiger partial charge in [-0.25, -0.2) is 0 Å². The summed E-state index contributed by atoms with van der Waals surface area (Å²) in [7, 11) is 2.19. The van der Waals surface area contributed by atoms with E-state index in [2.05, 4.69) is 20.9 Å². The molecule has 2 atom stereocenters. The Bertz CT molecular complexity index is 353. The second kappa shape index (κ2) is 11.5. The highest BCUT2D eigenvalue weighted by atomic mass is 79.9. The third kappa shape index (κ3) is 7.01. The first-order valence-corrected chi connectivity index (χ1v) is 9.53. The highest BCUT2D eigenvalue weighted by Gasteiger charge is 2.37. The van der Waals surface area contributed by atoms with Gasteiger partial charge < -0.3 is 31.3 Å². The zero-order valence-electron chi connectivity index (χ0n) is 16.3. The van der Waals surface area contributed by atoms with Gasteiger partial charge in [0, 0.05) is 0 Å². The molecule has 0 aromatic carbocycles. The van der Waals surface area contributed by atoms with E-state index in [0.717, 1.165) is 37.0 Å². The van der Waals surface area contributed by atoms with E-state index < -0.39 is 6.10 Å². The van der Waals surface area contributed by atoms with Crippen molar-refractivity contribution < 1.29 is 36.1 Å². The van der Waals surface area contributed by atoms with Gasteiger partial charge in [-0.05, 0) is 38.5 Å². The quantitative estimate of drug-likeness (QED) is 0.439. The van der Waals surface area contributed by atoms with Gasteiger partial charge in [0.15, 0.2) is 0 Å². The third-order valence-electron chi connectivity index (χ3n) is 5.88. The fraction of sp³-hybridized carbons (Fsp3) is 0.947.